The smallest absolute Gasteiger partial charge is 0.236 e. The molecule has 0 aliphatic carbocycles. The molecule has 1 heterocycles. The number of nitriles is 1. The topological polar surface area (TPSA) is 36.7 Å². The average Bonchev–Trinajstić information content (AvgIpc) is 2.05. The minimum atomic E-state index is -2.61. The van der Waals surface area contributed by atoms with Crippen molar-refractivity contribution in [2.75, 3.05) is 0 Å². The zero-order chi connectivity index (χ0) is 9.14. The Balaban J connectivity index is 3.16. The molecule has 2 nitrogen and oxygen atoms in total. The summed E-state index contributed by atoms with van der Waals surface area (Å²) in [4.78, 5) is 3.48. The highest BCUT2D eigenvalue weighted by Gasteiger charge is 2.10. The van der Waals surface area contributed by atoms with E-state index in [9.17, 15) is 8.78 Å². The maximum atomic E-state index is 12.0. The maximum absolute atomic E-state index is 12.0. The van der Waals surface area contributed by atoms with E-state index in [0.29, 0.717) is 5.56 Å². The third-order valence-electron chi connectivity index (χ3n) is 1.45. The predicted octanol–water partition coefficient (Wildman–Crippen LogP) is 2.20. The van der Waals surface area contributed by atoms with Gasteiger partial charge in [-0.25, -0.2) is 13.8 Å². The maximum Gasteiger partial charge on any atom is 0.280 e. The van der Waals surface area contributed by atoms with Crippen LogP contribution < -0.4 is 0 Å². The summed E-state index contributed by atoms with van der Waals surface area (Å²) in [5.74, 6) is 0. The van der Waals surface area contributed by atoms with Crippen molar-refractivity contribution in [1.29, 1.82) is 5.26 Å². The molecule has 0 fully saturated rings. The Kier molecular flexibility index (Phi) is 2.34. The van der Waals surface area contributed by atoms with Crippen molar-refractivity contribution in [2.24, 2.45) is 0 Å². The van der Waals surface area contributed by atoms with Gasteiger partial charge in [0.25, 0.3) is 6.43 Å². The lowest BCUT2D eigenvalue weighted by Crippen LogP contribution is -1.94. The SMILES string of the molecule is Cc1ccc(C(F)F)nc1C#N. The molecule has 0 bridgehead atoms. The molecular weight excluding hydrogens is 162 g/mol. The number of nitrogens with zero attached hydrogens (tertiary/aromatic N) is 2. The summed E-state index contributed by atoms with van der Waals surface area (Å²) in [6, 6.07) is 4.43. The van der Waals surface area contributed by atoms with Crippen molar-refractivity contribution in [2.45, 2.75) is 13.3 Å². The first-order chi connectivity index (χ1) is 5.65. The number of rotatable bonds is 1. The van der Waals surface area contributed by atoms with E-state index in [2.05, 4.69) is 4.98 Å². The van der Waals surface area contributed by atoms with Crippen molar-refractivity contribution >= 4 is 0 Å². The van der Waals surface area contributed by atoms with E-state index in [0.717, 1.165) is 0 Å². The molecule has 1 aromatic heterocycles. The van der Waals surface area contributed by atoms with Crippen molar-refractivity contribution in [3.8, 4) is 6.07 Å². The lowest BCUT2D eigenvalue weighted by molar-refractivity contribution is 0.146. The Morgan fingerprint density at radius 2 is 2.17 bits per heavy atom. The third-order valence-corrected chi connectivity index (χ3v) is 1.45. The minimum absolute atomic E-state index is 0.0628. The second-order valence-electron chi connectivity index (χ2n) is 2.31. The van der Waals surface area contributed by atoms with Crippen molar-refractivity contribution < 1.29 is 8.78 Å². The molecule has 0 radical (unpaired) electrons. The van der Waals surface area contributed by atoms with Gasteiger partial charge in [-0.15, -0.1) is 0 Å². The molecule has 1 rings (SSSR count). The Morgan fingerprint density at radius 1 is 1.50 bits per heavy atom. The van der Waals surface area contributed by atoms with Gasteiger partial charge < -0.3 is 0 Å². The summed E-state index contributed by atoms with van der Waals surface area (Å²) < 4.78 is 24.1. The van der Waals surface area contributed by atoms with Crippen LogP contribution in [0.3, 0.4) is 0 Å². The normalized spacial score (nSPS) is 9.92. The second-order valence-corrected chi connectivity index (χ2v) is 2.31. The molecule has 0 aliphatic heterocycles. The van der Waals surface area contributed by atoms with E-state index in [1.165, 1.54) is 12.1 Å². The minimum Gasteiger partial charge on any atom is -0.236 e. The van der Waals surface area contributed by atoms with Crippen molar-refractivity contribution in [1.82, 2.24) is 4.98 Å². The number of halogens is 2. The van der Waals surface area contributed by atoms with Crippen LogP contribution >= 0.6 is 0 Å². The van der Waals surface area contributed by atoms with Gasteiger partial charge in [0.2, 0.25) is 0 Å². The Hall–Kier alpha value is -1.50. The zero-order valence-corrected chi connectivity index (χ0v) is 6.38. The molecule has 0 atom stereocenters. The Morgan fingerprint density at radius 3 is 2.67 bits per heavy atom. The second kappa shape index (κ2) is 3.26. The van der Waals surface area contributed by atoms with Crippen LogP contribution in [-0.4, -0.2) is 4.98 Å². The number of hydrogen-bond donors (Lipinski definition) is 0. The first-order valence-corrected chi connectivity index (χ1v) is 3.31. The number of pyridine rings is 1. The van der Waals surface area contributed by atoms with Crippen LogP contribution in [0.2, 0.25) is 0 Å². The standard InChI is InChI=1S/C8H6F2N2/c1-5-2-3-6(8(9)10)12-7(5)4-11/h2-3,8H,1H3. The summed E-state index contributed by atoms with van der Waals surface area (Å²) in [7, 11) is 0. The summed E-state index contributed by atoms with van der Waals surface area (Å²) in [5.41, 5.74) is 0.326. The molecule has 4 heteroatoms. The summed E-state index contributed by atoms with van der Waals surface area (Å²) in [6.45, 7) is 1.65. The molecule has 0 spiro atoms. The summed E-state index contributed by atoms with van der Waals surface area (Å²) in [5, 5.41) is 8.47. The van der Waals surface area contributed by atoms with Crippen LogP contribution in [0.5, 0.6) is 0 Å². The fraction of sp³-hybridized carbons (Fsp3) is 0.250. The van der Waals surface area contributed by atoms with Crippen LogP contribution in [-0.2, 0) is 0 Å². The molecule has 0 amide bonds. The summed E-state index contributed by atoms with van der Waals surface area (Å²) in [6.07, 6.45) is -2.61. The predicted molar refractivity (Wildman–Crippen MR) is 38.6 cm³/mol. The lowest BCUT2D eigenvalue weighted by Gasteiger charge is -2.00. The van der Waals surface area contributed by atoms with E-state index >= 15 is 0 Å². The largest absolute Gasteiger partial charge is 0.280 e. The van der Waals surface area contributed by atoms with Crippen LogP contribution in [0.4, 0.5) is 8.78 Å². The fourth-order valence-corrected chi connectivity index (χ4v) is 0.779. The van der Waals surface area contributed by atoms with Gasteiger partial charge in [0, 0.05) is 0 Å². The monoisotopic (exact) mass is 168 g/mol. The number of hydrogen-bond acceptors (Lipinski definition) is 2. The number of aromatic nitrogens is 1. The molecule has 62 valence electrons. The molecule has 12 heavy (non-hydrogen) atoms. The molecule has 0 aromatic carbocycles. The van der Waals surface area contributed by atoms with Gasteiger partial charge >= 0.3 is 0 Å². The van der Waals surface area contributed by atoms with Crippen LogP contribution in [0, 0.1) is 18.3 Å². The van der Waals surface area contributed by atoms with E-state index in [4.69, 9.17) is 5.26 Å². The van der Waals surface area contributed by atoms with Crippen LogP contribution in [0.1, 0.15) is 23.4 Å². The first kappa shape index (κ1) is 8.60. The van der Waals surface area contributed by atoms with Gasteiger partial charge in [-0.2, -0.15) is 5.26 Å². The molecule has 0 saturated heterocycles. The molecular formula is C8H6F2N2. The van der Waals surface area contributed by atoms with Crippen molar-refractivity contribution in [3.63, 3.8) is 0 Å². The van der Waals surface area contributed by atoms with Gasteiger partial charge in [0.1, 0.15) is 17.5 Å². The van der Waals surface area contributed by atoms with E-state index < -0.39 is 6.43 Å². The highest BCUT2D eigenvalue weighted by atomic mass is 19.3. The highest BCUT2D eigenvalue weighted by Crippen LogP contribution is 2.17. The van der Waals surface area contributed by atoms with Gasteiger partial charge in [-0.1, -0.05) is 6.07 Å². The number of aryl methyl sites for hydroxylation is 1. The van der Waals surface area contributed by atoms with Gasteiger partial charge in [-0.05, 0) is 18.6 Å². The lowest BCUT2D eigenvalue weighted by atomic mass is 10.2. The fourth-order valence-electron chi connectivity index (χ4n) is 0.779. The van der Waals surface area contributed by atoms with E-state index in [1.54, 1.807) is 13.0 Å². The zero-order valence-electron chi connectivity index (χ0n) is 6.38. The van der Waals surface area contributed by atoms with E-state index in [-0.39, 0.29) is 11.4 Å². The quantitative estimate of drug-likeness (QED) is 0.644. The van der Waals surface area contributed by atoms with E-state index in [1.807, 2.05) is 0 Å². The van der Waals surface area contributed by atoms with Crippen LogP contribution in [0.25, 0.3) is 0 Å². The van der Waals surface area contributed by atoms with Gasteiger partial charge in [0.15, 0.2) is 0 Å². The molecule has 0 unspecified atom stereocenters. The Labute approximate surface area is 68.5 Å². The third kappa shape index (κ3) is 1.56. The number of alkyl halides is 2. The highest BCUT2D eigenvalue weighted by molar-refractivity contribution is 5.31. The average molecular weight is 168 g/mol. The molecule has 0 aliphatic rings. The van der Waals surface area contributed by atoms with Gasteiger partial charge in [-0.3, -0.25) is 0 Å². The molecule has 0 N–H and O–H groups in total. The van der Waals surface area contributed by atoms with Crippen LogP contribution in [0.15, 0.2) is 12.1 Å². The molecule has 1 aromatic rings. The summed E-state index contributed by atoms with van der Waals surface area (Å²) >= 11 is 0. The van der Waals surface area contributed by atoms with Gasteiger partial charge in [0.05, 0.1) is 0 Å². The van der Waals surface area contributed by atoms with Crippen molar-refractivity contribution in [3.05, 3.63) is 29.1 Å². The first-order valence-electron chi connectivity index (χ1n) is 3.31. The Bertz CT molecular complexity index is 328. The molecule has 0 saturated carbocycles.